The van der Waals surface area contributed by atoms with Crippen LogP contribution >= 0.6 is 0 Å². The first-order valence-electron chi connectivity index (χ1n) is 6.92. The van der Waals surface area contributed by atoms with Crippen LogP contribution in [0.3, 0.4) is 0 Å². The summed E-state index contributed by atoms with van der Waals surface area (Å²) in [4.78, 5) is 11.8. The SMILES string of the molecule is Cc1ccn(CC(O)c2ccc(C(C)C)cc2)c(=O)c1. The Kier molecular flexibility index (Phi) is 4.40. The molecule has 1 aromatic carbocycles. The van der Waals surface area contributed by atoms with Crippen LogP contribution in [0.1, 0.15) is 42.6 Å². The minimum Gasteiger partial charge on any atom is -0.387 e. The van der Waals surface area contributed by atoms with Crippen molar-refractivity contribution < 1.29 is 5.11 Å². The molecule has 1 aromatic heterocycles. The lowest BCUT2D eigenvalue weighted by molar-refractivity contribution is 0.155. The predicted molar refractivity (Wildman–Crippen MR) is 80.9 cm³/mol. The van der Waals surface area contributed by atoms with Gasteiger partial charge < -0.3 is 9.67 Å². The Hall–Kier alpha value is -1.87. The summed E-state index contributed by atoms with van der Waals surface area (Å²) < 4.78 is 1.54. The van der Waals surface area contributed by atoms with Crippen molar-refractivity contribution in [3.63, 3.8) is 0 Å². The number of nitrogens with zero attached hydrogens (tertiary/aromatic N) is 1. The van der Waals surface area contributed by atoms with E-state index >= 15 is 0 Å². The Labute approximate surface area is 119 Å². The fraction of sp³-hybridized carbons (Fsp3) is 0.353. The lowest BCUT2D eigenvalue weighted by atomic mass is 10.00. The largest absolute Gasteiger partial charge is 0.387 e. The third kappa shape index (κ3) is 3.36. The molecule has 3 nitrogen and oxygen atoms in total. The Morgan fingerprint density at radius 2 is 1.70 bits per heavy atom. The third-order valence-electron chi connectivity index (χ3n) is 3.51. The highest BCUT2D eigenvalue weighted by atomic mass is 16.3. The fourth-order valence-electron chi connectivity index (χ4n) is 2.15. The molecule has 2 rings (SSSR count). The van der Waals surface area contributed by atoms with E-state index in [-0.39, 0.29) is 12.1 Å². The van der Waals surface area contributed by atoms with Crippen LogP contribution in [0.5, 0.6) is 0 Å². The van der Waals surface area contributed by atoms with Gasteiger partial charge in [0.05, 0.1) is 12.6 Å². The van der Waals surface area contributed by atoms with Crippen molar-refractivity contribution >= 4 is 0 Å². The monoisotopic (exact) mass is 271 g/mol. The van der Waals surface area contributed by atoms with Gasteiger partial charge in [0.25, 0.3) is 5.56 Å². The van der Waals surface area contributed by atoms with Crippen LogP contribution in [0.25, 0.3) is 0 Å². The Bertz CT molecular complexity index is 626. The minimum atomic E-state index is -0.670. The first-order valence-corrected chi connectivity index (χ1v) is 6.92. The molecule has 106 valence electrons. The van der Waals surface area contributed by atoms with Gasteiger partial charge >= 0.3 is 0 Å². The van der Waals surface area contributed by atoms with E-state index in [4.69, 9.17) is 0 Å². The van der Waals surface area contributed by atoms with Gasteiger partial charge in [-0.05, 0) is 35.6 Å². The van der Waals surface area contributed by atoms with Crippen LogP contribution in [-0.2, 0) is 6.54 Å². The number of aliphatic hydroxyl groups is 1. The maximum Gasteiger partial charge on any atom is 0.250 e. The second-order valence-electron chi connectivity index (χ2n) is 5.53. The summed E-state index contributed by atoms with van der Waals surface area (Å²) in [7, 11) is 0. The van der Waals surface area contributed by atoms with Crippen LogP contribution in [0.15, 0.2) is 47.4 Å². The number of benzene rings is 1. The average molecular weight is 271 g/mol. The zero-order chi connectivity index (χ0) is 14.7. The van der Waals surface area contributed by atoms with Gasteiger partial charge in [-0.2, -0.15) is 0 Å². The molecular formula is C17H21NO2. The Balaban J connectivity index is 2.15. The second-order valence-corrected chi connectivity index (χ2v) is 5.53. The smallest absolute Gasteiger partial charge is 0.250 e. The maximum atomic E-state index is 11.8. The summed E-state index contributed by atoms with van der Waals surface area (Å²) in [5.74, 6) is 0.473. The van der Waals surface area contributed by atoms with Crippen molar-refractivity contribution in [1.82, 2.24) is 4.57 Å². The van der Waals surface area contributed by atoms with E-state index in [1.54, 1.807) is 12.3 Å². The van der Waals surface area contributed by atoms with Crippen LogP contribution in [0.2, 0.25) is 0 Å². The molecule has 1 atom stereocenters. The van der Waals surface area contributed by atoms with Crippen LogP contribution in [0.4, 0.5) is 0 Å². The molecule has 0 fully saturated rings. The zero-order valence-corrected chi connectivity index (χ0v) is 12.2. The lowest BCUT2D eigenvalue weighted by Crippen LogP contribution is -2.22. The maximum absolute atomic E-state index is 11.8. The van der Waals surface area contributed by atoms with Gasteiger partial charge in [0.2, 0.25) is 0 Å². The van der Waals surface area contributed by atoms with E-state index in [0.717, 1.165) is 11.1 Å². The Morgan fingerprint density at radius 1 is 1.10 bits per heavy atom. The standard InChI is InChI=1S/C17H21NO2/c1-12(2)14-4-6-15(7-5-14)16(19)11-18-9-8-13(3)10-17(18)20/h4-10,12,16,19H,11H2,1-3H3. The van der Waals surface area contributed by atoms with Crippen molar-refractivity contribution in [2.75, 3.05) is 0 Å². The molecule has 0 aliphatic heterocycles. The summed E-state index contributed by atoms with van der Waals surface area (Å²) in [6, 6.07) is 11.4. The molecular weight excluding hydrogens is 250 g/mol. The first-order chi connectivity index (χ1) is 9.47. The second kappa shape index (κ2) is 6.06. The lowest BCUT2D eigenvalue weighted by Gasteiger charge is -2.14. The van der Waals surface area contributed by atoms with E-state index in [2.05, 4.69) is 13.8 Å². The highest BCUT2D eigenvalue weighted by Crippen LogP contribution is 2.19. The van der Waals surface area contributed by atoms with Gasteiger partial charge in [0, 0.05) is 12.3 Å². The molecule has 0 amide bonds. The number of aliphatic hydroxyl groups excluding tert-OH is 1. The van der Waals surface area contributed by atoms with Crippen LogP contribution in [0, 0.1) is 6.92 Å². The molecule has 0 spiro atoms. The number of pyridine rings is 1. The molecule has 20 heavy (non-hydrogen) atoms. The summed E-state index contributed by atoms with van der Waals surface area (Å²) in [6.45, 7) is 6.43. The molecule has 0 saturated heterocycles. The number of aromatic nitrogens is 1. The quantitative estimate of drug-likeness (QED) is 0.928. The van der Waals surface area contributed by atoms with E-state index in [1.807, 2.05) is 37.3 Å². The minimum absolute atomic E-state index is 0.0807. The molecule has 1 heterocycles. The molecule has 3 heteroatoms. The van der Waals surface area contributed by atoms with E-state index in [9.17, 15) is 9.90 Å². The van der Waals surface area contributed by atoms with Gasteiger partial charge in [-0.1, -0.05) is 38.1 Å². The predicted octanol–water partition coefficient (Wildman–Crippen LogP) is 3.01. The highest BCUT2D eigenvalue weighted by molar-refractivity contribution is 5.26. The molecule has 1 N–H and O–H groups in total. The van der Waals surface area contributed by atoms with E-state index < -0.39 is 6.10 Å². The third-order valence-corrected chi connectivity index (χ3v) is 3.51. The van der Waals surface area contributed by atoms with Gasteiger partial charge in [0.1, 0.15) is 0 Å². The van der Waals surface area contributed by atoms with Crippen LogP contribution < -0.4 is 5.56 Å². The van der Waals surface area contributed by atoms with Crippen molar-refractivity contribution in [2.24, 2.45) is 0 Å². The molecule has 0 saturated carbocycles. The summed E-state index contributed by atoms with van der Waals surface area (Å²) in [5, 5.41) is 10.2. The fourth-order valence-corrected chi connectivity index (χ4v) is 2.15. The first kappa shape index (κ1) is 14.5. The number of aryl methyl sites for hydroxylation is 1. The summed E-state index contributed by atoms with van der Waals surface area (Å²) in [6.07, 6.45) is 1.06. The van der Waals surface area contributed by atoms with Crippen molar-refractivity contribution in [2.45, 2.75) is 39.3 Å². The van der Waals surface area contributed by atoms with Crippen molar-refractivity contribution in [3.8, 4) is 0 Å². The van der Waals surface area contributed by atoms with Gasteiger partial charge in [0.15, 0.2) is 0 Å². The molecule has 1 unspecified atom stereocenters. The molecule has 0 aliphatic carbocycles. The number of hydrogen-bond acceptors (Lipinski definition) is 2. The number of hydrogen-bond donors (Lipinski definition) is 1. The summed E-state index contributed by atoms with van der Waals surface area (Å²) >= 11 is 0. The van der Waals surface area contributed by atoms with Crippen molar-refractivity contribution in [1.29, 1.82) is 0 Å². The molecule has 0 radical (unpaired) electrons. The zero-order valence-electron chi connectivity index (χ0n) is 12.2. The van der Waals surface area contributed by atoms with Gasteiger partial charge in [-0.15, -0.1) is 0 Å². The van der Waals surface area contributed by atoms with Crippen molar-refractivity contribution in [3.05, 3.63) is 69.6 Å². The van der Waals surface area contributed by atoms with E-state index in [1.165, 1.54) is 10.1 Å². The average Bonchev–Trinajstić information content (AvgIpc) is 2.42. The highest BCUT2D eigenvalue weighted by Gasteiger charge is 2.10. The molecule has 0 bridgehead atoms. The van der Waals surface area contributed by atoms with E-state index in [0.29, 0.717) is 5.92 Å². The van der Waals surface area contributed by atoms with Gasteiger partial charge in [-0.3, -0.25) is 4.79 Å². The topological polar surface area (TPSA) is 42.2 Å². The Morgan fingerprint density at radius 3 is 2.25 bits per heavy atom. The normalized spacial score (nSPS) is 12.7. The number of rotatable bonds is 4. The molecule has 2 aromatic rings. The summed E-state index contributed by atoms with van der Waals surface area (Å²) in [5.41, 5.74) is 2.93. The van der Waals surface area contributed by atoms with Crippen LogP contribution in [-0.4, -0.2) is 9.67 Å². The van der Waals surface area contributed by atoms with Gasteiger partial charge in [-0.25, -0.2) is 0 Å². The molecule has 0 aliphatic rings.